The Morgan fingerprint density at radius 3 is 2.79 bits per heavy atom. The molecular weight excluding hydrogens is 217 g/mol. The molecule has 1 nitrogen and oxygen atoms in total. The summed E-state index contributed by atoms with van der Waals surface area (Å²) in [7, 11) is 0. The number of aromatic nitrogens is 1. The third-order valence-corrected chi connectivity index (χ3v) is 2.72. The number of nitrogens with zero attached hydrogens (tertiary/aromatic N) is 1. The van der Waals surface area contributed by atoms with Gasteiger partial charge in [0.05, 0.1) is 10.5 Å². The number of benzene rings is 1. The first-order valence-electron chi connectivity index (χ1n) is 4.46. The quantitative estimate of drug-likeness (QED) is 0.667. The van der Waals surface area contributed by atoms with Gasteiger partial charge in [-0.2, -0.15) is 0 Å². The van der Waals surface area contributed by atoms with Gasteiger partial charge in [0.25, 0.3) is 0 Å². The molecule has 1 aromatic heterocycles. The van der Waals surface area contributed by atoms with E-state index in [0.717, 1.165) is 17.3 Å². The topological polar surface area (TPSA) is 12.9 Å². The molecular formula is C11H9Cl2N. The summed E-state index contributed by atoms with van der Waals surface area (Å²) in [5, 5.41) is 2.24. The SMILES string of the molecule is CCc1cc(Cl)nc2c(Cl)cccc12. The second-order valence-corrected chi connectivity index (χ2v) is 3.89. The van der Waals surface area contributed by atoms with Gasteiger partial charge in [0.2, 0.25) is 0 Å². The Morgan fingerprint density at radius 1 is 1.29 bits per heavy atom. The fourth-order valence-corrected chi connectivity index (χ4v) is 1.97. The average molecular weight is 226 g/mol. The summed E-state index contributed by atoms with van der Waals surface area (Å²) >= 11 is 11.9. The zero-order valence-corrected chi connectivity index (χ0v) is 9.23. The smallest absolute Gasteiger partial charge is 0.130 e. The number of fused-ring (bicyclic) bond motifs is 1. The average Bonchev–Trinajstić information content (AvgIpc) is 2.18. The van der Waals surface area contributed by atoms with Crippen molar-refractivity contribution < 1.29 is 0 Å². The monoisotopic (exact) mass is 225 g/mol. The highest BCUT2D eigenvalue weighted by Gasteiger charge is 2.05. The highest BCUT2D eigenvalue weighted by atomic mass is 35.5. The maximum absolute atomic E-state index is 6.04. The molecule has 0 N–H and O–H groups in total. The van der Waals surface area contributed by atoms with E-state index in [0.29, 0.717) is 10.2 Å². The standard InChI is InChI=1S/C11H9Cl2N/c1-2-7-6-10(13)14-11-8(7)4-3-5-9(11)12/h3-6H,2H2,1H3. The van der Waals surface area contributed by atoms with Crippen LogP contribution in [0.4, 0.5) is 0 Å². The second kappa shape index (κ2) is 3.76. The Balaban J connectivity index is 2.87. The fourth-order valence-electron chi connectivity index (χ4n) is 1.54. The Morgan fingerprint density at radius 2 is 2.07 bits per heavy atom. The predicted octanol–water partition coefficient (Wildman–Crippen LogP) is 4.10. The lowest BCUT2D eigenvalue weighted by Crippen LogP contribution is -1.88. The first-order chi connectivity index (χ1) is 6.72. The summed E-state index contributed by atoms with van der Waals surface area (Å²) in [5.74, 6) is 0. The summed E-state index contributed by atoms with van der Waals surface area (Å²) in [6.45, 7) is 2.09. The van der Waals surface area contributed by atoms with Crippen LogP contribution in [0.1, 0.15) is 12.5 Å². The number of hydrogen-bond donors (Lipinski definition) is 0. The Kier molecular flexibility index (Phi) is 2.62. The van der Waals surface area contributed by atoms with Crippen LogP contribution in [0, 0.1) is 0 Å². The van der Waals surface area contributed by atoms with E-state index in [9.17, 15) is 0 Å². The van der Waals surface area contributed by atoms with Crippen LogP contribution in [0.5, 0.6) is 0 Å². The predicted molar refractivity (Wildman–Crippen MR) is 61.1 cm³/mol. The maximum atomic E-state index is 6.04. The molecule has 0 unspecified atom stereocenters. The van der Waals surface area contributed by atoms with Crippen molar-refractivity contribution in [3.8, 4) is 0 Å². The zero-order valence-electron chi connectivity index (χ0n) is 7.72. The van der Waals surface area contributed by atoms with Crippen molar-refractivity contribution in [3.63, 3.8) is 0 Å². The number of hydrogen-bond acceptors (Lipinski definition) is 1. The molecule has 2 aromatic rings. The number of pyridine rings is 1. The van der Waals surface area contributed by atoms with Crippen LogP contribution in [0.2, 0.25) is 10.2 Å². The number of rotatable bonds is 1. The van der Waals surface area contributed by atoms with Crippen LogP contribution in [-0.2, 0) is 6.42 Å². The Labute approximate surface area is 92.7 Å². The molecule has 14 heavy (non-hydrogen) atoms. The molecule has 0 aliphatic heterocycles. The van der Waals surface area contributed by atoms with Gasteiger partial charge in [-0.05, 0) is 24.1 Å². The van der Waals surface area contributed by atoms with Crippen LogP contribution >= 0.6 is 23.2 Å². The van der Waals surface area contributed by atoms with E-state index in [1.807, 2.05) is 24.3 Å². The Hall–Kier alpha value is -0.790. The molecule has 0 aliphatic rings. The zero-order chi connectivity index (χ0) is 10.1. The summed E-state index contributed by atoms with van der Waals surface area (Å²) < 4.78 is 0. The molecule has 0 spiro atoms. The minimum Gasteiger partial charge on any atom is -0.235 e. The highest BCUT2D eigenvalue weighted by molar-refractivity contribution is 6.35. The number of aryl methyl sites for hydroxylation is 1. The summed E-state index contributed by atoms with van der Waals surface area (Å²) in [6.07, 6.45) is 0.930. The fraction of sp³-hybridized carbons (Fsp3) is 0.182. The molecule has 1 heterocycles. The largest absolute Gasteiger partial charge is 0.235 e. The third-order valence-electron chi connectivity index (χ3n) is 2.23. The first kappa shape index (κ1) is 9.75. The van der Waals surface area contributed by atoms with E-state index >= 15 is 0 Å². The van der Waals surface area contributed by atoms with Crippen molar-refractivity contribution in [2.75, 3.05) is 0 Å². The van der Waals surface area contributed by atoms with Crippen LogP contribution in [-0.4, -0.2) is 4.98 Å². The van der Waals surface area contributed by atoms with Gasteiger partial charge < -0.3 is 0 Å². The molecule has 0 saturated carbocycles. The van der Waals surface area contributed by atoms with Gasteiger partial charge in [-0.25, -0.2) is 4.98 Å². The Bertz CT molecular complexity index is 480. The van der Waals surface area contributed by atoms with E-state index in [4.69, 9.17) is 23.2 Å². The molecule has 0 bridgehead atoms. The molecule has 72 valence electrons. The lowest BCUT2D eigenvalue weighted by atomic mass is 10.1. The minimum absolute atomic E-state index is 0.502. The van der Waals surface area contributed by atoms with Gasteiger partial charge in [-0.1, -0.05) is 42.3 Å². The molecule has 0 aliphatic carbocycles. The third kappa shape index (κ3) is 1.58. The molecule has 3 heteroatoms. The van der Waals surface area contributed by atoms with Crippen LogP contribution < -0.4 is 0 Å². The minimum atomic E-state index is 0.502. The molecule has 0 radical (unpaired) electrons. The molecule has 0 fully saturated rings. The second-order valence-electron chi connectivity index (χ2n) is 3.09. The lowest BCUT2D eigenvalue weighted by Gasteiger charge is -2.05. The van der Waals surface area contributed by atoms with Crippen molar-refractivity contribution in [3.05, 3.63) is 40.0 Å². The van der Waals surface area contributed by atoms with E-state index in [1.165, 1.54) is 5.56 Å². The molecule has 1 aromatic carbocycles. The summed E-state index contributed by atoms with van der Waals surface area (Å²) in [4.78, 5) is 4.22. The van der Waals surface area contributed by atoms with Crippen LogP contribution in [0.25, 0.3) is 10.9 Å². The van der Waals surface area contributed by atoms with E-state index < -0.39 is 0 Å². The lowest BCUT2D eigenvalue weighted by molar-refractivity contribution is 1.15. The molecule has 0 amide bonds. The van der Waals surface area contributed by atoms with Gasteiger partial charge in [0.15, 0.2) is 0 Å². The van der Waals surface area contributed by atoms with Crippen molar-refractivity contribution in [2.45, 2.75) is 13.3 Å². The normalized spacial score (nSPS) is 10.8. The summed E-state index contributed by atoms with van der Waals surface area (Å²) in [6, 6.07) is 7.66. The summed E-state index contributed by atoms with van der Waals surface area (Å²) in [5.41, 5.74) is 1.97. The molecule has 0 atom stereocenters. The van der Waals surface area contributed by atoms with E-state index in [2.05, 4.69) is 11.9 Å². The van der Waals surface area contributed by atoms with Crippen molar-refractivity contribution in [2.24, 2.45) is 0 Å². The van der Waals surface area contributed by atoms with Gasteiger partial charge in [0, 0.05) is 5.39 Å². The molecule has 0 saturated heterocycles. The van der Waals surface area contributed by atoms with E-state index in [1.54, 1.807) is 0 Å². The van der Waals surface area contributed by atoms with E-state index in [-0.39, 0.29) is 0 Å². The van der Waals surface area contributed by atoms with Gasteiger partial charge in [-0.3, -0.25) is 0 Å². The van der Waals surface area contributed by atoms with Crippen molar-refractivity contribution in [1.29, 1.82) is 0 Å². The first-order valence-corrected chi connectivity index (χ1v) is 5.21. The van der Waals surface area contributed by atoms with Crippen molar-refractivity contribution >= 4 is 34.1 Å². The number of para-hydroxylation sites is 1. The van der Waals surface area contributed by atoms with Crippen LogP contribution in [0.3, 0.4) is 0 Å². The maximum Gasteiger partial charge on any atom is 0.130 e. The van der Waals surface area contributed by atoms with Gasteiger partial charge in [0.1, 0.15) is 5.15 Å². The van der Waals surface area contributed by atoms with Crippen LogP contribution in [0.15, 0.2) is 24.3 Å². The molecule has 2 rings (SSSR count). The highest BCUT2D eigenvalue weighted by Crippen LogP contribution is 2.26. The van der Waals surface area contributed by atoms with Gasteiger partial charge >= 0.3 is 0 Å². The van der Waals surface area contributed by atoms with Gasteiger partial charge in [-0.15, -0.1) is 0 Å². The van der Waals surface area contributed by atoms with Crippen molar-refractivity contribution in [1.82, 2.24) is 4.98 Å². The number of halogens is 2.